The van der Waals surface area contributed by atoms with Crippen molar-refractivity contribution in [2.24, 2.45) is 0 Å². The first-order valence-electron chi connectivity index (χ1n) is 15.6. The number of amides is 1. The average molecular weight is 630 g/mol. The molecule has 2 fully saturated rings. The SMILES string of the molecule is CC(C)(C)OC(=O)N1CCN(C2c3ccc(Cl)cc3C(CN3CCN(OC(=O)c4ccccc4)CC3)=Cc3cccnc32)CC1. The Bertz CT molecular complexity index is 1560. The van der Waals surface area contributed by atoms with Crippen LogP contribution in [0, 0.1) is 0 Å². The molecule has 1 unspecified atom stereocenters. The molecular weight excluding hydrogens is 590 g/mol. The second kappa shape index (κ2) is 13.3. The molecule has 10 heteroatoms. The van der Waals surface area contributed by atoms with Crippen LogP contribution in [0.1, 0.15) is 59.6 Å². The van der Waals surface area contributed by atoms with Crippen molar-refractivity contribution in [1.82, 2.24) is 24.7 Å². The number of ether oxygens (including phenoxy) is 1. The number of hydroxylamine groups is 2. The van der Waals surface area contributed by atoms with Gasteiger partial charge in [0.2, 0.25) is 0 Å². The molecule has 1 aromatic heterocycles. The zero-order valence-electron chi connectivity index (χ0n) is 26.1. The third kappa shape index (κ3) is 7.39. The number of aromatic nitrogens is 1. The van der Waals surface area contributed by atoms with Gasteiger partial charge in [-0.25, -0.2) is 9.59 Å². The predicted molar refractivity (Wildman–Crippen MR) is 175 cm³/mol. The van der Waals surface area contributed by atoms with Crippen molar-refractivity contribution < 1.29 is 19.2 Å². The molecule has 0 spiro atoms. The highest BCUT2D eigenvalue weighted by molar-refractivity contribution is 6.30. The van der Waals surface area contributed by atoms with Crippen molar-refractivity contribution in [3.63, 3.8) is 0 Å². The van der Waals surface area contributed by atoms with E-state index in [4.69, 9.17) is 26.2 Å². The first-order chi connectivity index (χ1) is 21.6. The molecule has 6 rings (SSSR count). The first-order valence-corrected chi connectivity index (χ1v) is 15.9. The third-order valence-corrected chi connectivity index (χ3v) is 8.63. The summed E-state index contributed by atoms with van der Waals surface area (Å²) in [4.78, 5) is 42.5. The fraction of sp³-hybridized carbons (Fsp3) is 0.400. The maximum absolute atomic E-state index is 12.8. The topological polar surface area (TPSA) is 78.5 Å². The van der Waals surface area contributed by atoms with Gasteiger partial charge in [0, 0.05) is 70.1 Å². The third-order valence-electron chi connectivity index (χ3n) is 8.39. The van der Waals surface area contributed by atoms with E-state index in [0.717, 1.165) is 42.0 Å². The second-order valence-corrected chi connectivity index (χ2v) is 13.2. The summed E-state index contributed by atoms with van der Waals surface area (Å²) in [6.07, 6.45) is 3.83. The smallest absolute Gasteiger partial charge is 0.410 e. The summed E-state index contributed by atoms with van der Waals surface area (Å²) < 4.78 is 5.64. The molecule has 3 aliphatic rings. The van der Waals surface area contributed by atoms with Crippen LogP contribution in [0.5, 0.6) is 0 Å². The lowest BCUT2D eigenvalue weighted by molar-refractivity contribution is -0.128. The van der Waals surface area contributed by atoms with Gasteiger partial charge >= 0.3 is 12.1 Å². The fourth-order valence-corrected chi connectivity index (χ4v) is 6.36. The van der Waals surface area contributed by atoms with E-state index in [-0.39, 0.29) is 18.1 Å². The Morgan fingerprint density at radius 2 is 1.64 bits per heavy atom. The zero-order chi connectivity index (χ0) is 31.6. The summed E-state index contributed by atoms with van der Waals surface area (Å²) in [5, 5.41) is 2.44. The molecule has 1 amide bonds. The van der Waals surface area contributed by atoms with Crippen LogP contribution < -0.4 is 0 Å². The molecule has 0 saturated carbocycles. The monoisotopic (exact) mass is 629 g/mol. The number of carbonyl (C=O) groups excluding carboxylic acids is 2. The standard InChI is InChI=1S/C35H40ClN5O4/c1-35(2,3)44-34(43)40-18-16-39(17-19-40)32-29-12-11-28(36)23-30(29)27(22-26-10-7-13-37-31(26)32)24-38-14-20-41(21-15-38)45-33(42)25-8-5-4-6-9-25/h4-13,22-23,32H,14-21,24H2,1-3H3. The molecule has 9 nitrogen and oxygen atoms in total. The number of halogens is 1. The number of rotatable bonds is 5. The van der Waals surface area contributed by atoms with Crippen molar-refractivity contribution in [2.45, 2.75) is 32.4 Å². The van der Waals surface area contributed by atoms with Crippen molar-refractivity contribution in [3.8, 4) is 0 Å². The maximum atomic E-state index is 12.8. The normalized spacial score (nSPS) is 19.6. The van der Waals surface area contributed by atoms with Gasteiger partial charge in [-0.3, -0.25) is 14.8 Å². The number of carbonyl (C=O) groups is 2. The Labute approximate surface area is 269 Å². The van der Waals surface area contributed by atoms with Gasteiger partial charge in [-0.1, -0.05) is 41.9 Å². The quantitative estimate of drug-likeness (QED) is 0.360. The average Bonchev–Trinajstić information content (AvgIpc) is 3.16. The highest BCUT2D eigenvalue weighted by Crippen LogP contribution is 2.40. The lowest BCUT2D eigenvalue weighted by Crippen LogP contribution is -2.51. The minimum absolute atomic E-state index is 0.0859. The number of piperazine rings is 2. The van der Waals surface area contributed by atoms with E-state index in [1.54, 1.807) is 22.1 Å². The number of hydrogen-bond donors (Lipinski definition) is 0. The van der Waals surface area contributed by atoms with Gasteiger partial charge in [0.05, 0.1) is 17.3 Å². The van der Waals surface area contributed by atoms with Crippen LogP contribution in [-0.2, 0) is 9.57 Å². The second-order valence-electron chi connectivity index (χ2n) is 12.7. The first kappa shape index (κ1) is 31.2. The Kier molecular flexibility index (Phi) is 9.23. The van der Waals surface area contributed by atoms with E-state index in [9.17, 15) is 9.59 Å². The Morgan fingerprint density at radius 1 is 0.911 bits per heavy atom. The molecule has 45 heavy (non-hydrogen) atoms. The van der Waals surface area contributed by atoms with Gasteiger partial charge in [-0.2, -0.15) is 0 Å². The van der Waals surface area contributed by atoms with Gasteiger partial charge < -0.3 is 14.5 Å². The van der Waals surface area contributed by atoms with Gasteiger partial charge in [0.1, 0.15) is 5.60 Å². The Hall–Kier alpha value is -3.76. The van der Waals surface area contributed by atoms with E-state index in [0.29, 0.717) is 49.9 Å². The van der Waals surface area contributed by atoms with Crippen molar-refractivity contribution >= 4 is 35.3 Å². The molecule has 3 heterocycles. The van der Waals surface area contributed by atoms with Crippen LogP contribution in [0.15, 0.2) is 66.9 Å². The van der Waals surface area contributed by atoms with E-state index < -0.39 is 5.60 Å². The zero-order valence-corrected chi connectivity index (χ0v) is 26.9. The van der Waals surface area contributed by atoms with E-state index >= 15 is 0 Å². The van der Waals surface area contributed by atoms with Crippen molar-refractivity contribution in [1.29, 1.82) is 0 Å². The summed E-state index contributed by atoms with van der Waals surface area (Å²) in [7, 11) is 0. The van der Waals surface area contributed by atoms with E-state index in [2.05, 4.69) is 34.1 Å². The predicted octanol–water partition coefficient (Wildman–Crippen LogP) is 5.62. The summed E-state index contributed by atoms with van der Waals surface area (Å²) in [5.74, 6) is -0.332. The summed E-state index contributed by atoms with van der Waals surface area (Å²) in [6, 6.07) is 19.2. The summed E-state index contributed by atoms with van der Waals surface area (Å²) >= 11 is 6.62. The number of fused-ring (bicyclic) bond motifs is 2. The van der Waals surface area contributed by atoms with Crippen LogP contribution in [-0.4, -0.2) is 101 Å². The highest BCUT2D eigenvalue weighted by atomic mass is 35.5. The minimum Gasteiger partial charge on any atom is -0.444 e. The summed E-state index contributed by atoms with van der Waals surface area (Å²) in [6.45, 7) is 11.7. The van der Waals surface area contributed by atoms with Gasteiger partial charge in [0.25, 0.3) is 0 Å². The van der Waals surface area contributed by atoms with Gasteiger partial charge in [-0.05, 0) is 79.4 Å². The fourth-order valence-electron chi connectivity index (χ4n) is 6.19. The largest absolute Gasteiger partial charge is 0.444 e. The molecule has 0 bridgehead atoms. The number of pyridine rings is 1. The molecule has 2 aliphatic heterocycles. The molecule has 1 aliphatic carbocycles. The van der Waals surface area contributed by atoms with Crippen LogP contribution in [0.2, 0.25) is 5.02 Å². The van der Waals surface area contributed by atoms with Gasteiger partial charge in [0.15, 0.2) is 0 Å². The summed E-state index contributed by atoms with van der Waals surface area (Å²) in [5.41, 5.74) is 5.53. The molecule has 2 saturated heterocycles. The lowest BCUT2D eigenvalue weighted by atomic mass is 9.93. The van der Waals surface area contributed by atoms with Gasteiger partial charge in [-0.15, -0.1) is 5.06 Å². The Morgan fingerprint density at radius 3 is 2.36 bits per heavy atom. The van der Waals surface area contributed by atoms with E-state index in [1.807, 2.05) is 57.3 Å². The molecule has 0 N–H and O–H groups in total. The number of hydrogen-bond acceptors (Lipinski definition) is 8. The minimum atomic E-state index is -0.530. The van der Waals surface area contributed by atoms with Crippen molar-refractivity contribution in [2.75, 3.05) is 58.9 Å². The molecule has 0 radical (unpaired) electrons. The lowest BCUT2D eigenvalue weighted by Gasteiger charge is -2.40. The number of benzene rings is 2. The van der Waals surface area contributed by atoms with Crippen LogP contribution >= 0.6 is 11.6 Å². The van der Waals surface area contributed by atoms with Crippen molar-refractivity contribution in [3.05, 3.63) is 99.8 Å². The van der Waals surface area contributed by atoms with Crippen LogP contribution in [0.25, 0.3) is 11.6 Å². The van der Waals surface area contributed by atoms with E-state index in [1.165, 1.54) is 5.57 Å². The highest BCUT2D eigenvalue weighted by Gasteiger charge is 2.35. The number of nitrogens with zero attached hydrogens (tertiary/aromatic N) is 5. The van der Waals surface area contributed by atoms with Crippen LogP contribution in [0.4, 0.5) is 4.79 Å². The maximum Gasteiger partial charge on any atom is 0.410 e. The molecule has 1 atom stereocenters. The molecule has 3 aromatic rings. The molecular formula is C35H40ClN5O4. The molecule has 2 aromatic carbocycles. The van der Waals surface area contributed by atoms with Crippen LogP contribution in [0.3, 0.4) is 0 Å². The Balaban J connectivity index is 1.19. The molecule has 236 valence electrons.